The Bertz CT molecular complexity index is 1790. The van der Waals surface area contributed by atoms with Crippen LogP contribution in [0.2, 0.25) is 0 Å². The Morgan fingerprint density at radius 3 is 2.00 bits per heavy atom. The molecule has 5 aromatic carbocycles. The molecular formula is C31H23N. The highest BCUT2D eigenvalue weighted by Gasteiger charge is 2.19. The summed E-state index contributed by atoms with van der Waals surface area (Å²) in [7, 11) is 0. The monoisotopic (exact) mass is 414 g/mol. The van der Waals surface area contributed by atoms with E-state index in [0.717, 1.165) is 44.2 Å². The van der Waals surface area contributed by atoms with Gasteiger partial charge in [0.15, 0.2) is 0 Å². The van der Waals surface area contributed by atoms with Crippen molar-refractivity contribution in [3.63, 3.8) is 0 Å². The van der Waals surface area contributed by atoms with Crippen LogP contribution < -0.4 is 0 Å². The molecule has 6 aromatic rings. The van der Waals surface area contributed by atoms with Gasteiger partial charge in [-0.25, -0.2) is 0 Å². The van der Waals surface area contributed by atoms with E-state index in [-0.39, 0.29) is 35.8 Å². The molecule has 0 fully saturated rings. The lowest BCUT2D eigenvalue weighted by atomic mass is 9.93. The zero-order valence-corrected chi connectivity index (χ0v) is 17.6. The van der Waals surface area contributed by atoms with Crippen LogP contribution in [0.4, 0.5) is 0 Å². The van der Waals surface area contributed by atoms with Gasteiger partial charge in [-0.3, -0.25) is 0 Å². The molecule has 0 N–H and O–H groups in total. The maximum absolute atomic E-state index is 8.68. The molecule has 0 atom stereocenters. The smallest absolute Gasteiger partial charge is 0.0629 e. The molecule has 1 heteroatoms. The summed E-state index contributed by atoms with van der Waals surface area (Å²) in [6.07, 6.45) is 0. The summed E-state index contributed by atoms with van der Waals surface area (Å²) in [4.78, 5) is 0. The molecule has 1 nitrogen and oxygen atoms in total. The van der Waals surface area contributed by atoms with E-state index in [1.165, 1.54) is 0 Å². The van der Waals surface area contributed by atoms with Gasteiger partial charge in [0, 0.05) is 16.5 Å². The minimum Gasteiger partial charge on any atom is -0.309 e. The van der Waals surface area contributed by atoms with E-state index in [2.05, 4.69) is 47.9 Å². The van der Waals surface area contributed by atoms with Gasteiger partial charge in [0.05, 0.1) is 17.9 Å². The van der Waals surface area contributed by atoms with Crippen molar-refractivity contribution >= 4 is 21.8 Å². The van der Waals surface area contributed by atoms with Gasteiger partial charge in [0.1, 0.15) is 0 Å². The molecule has 0 radical (unpaired) electrons. The van der Waals surface area contributed by atoms with E-state index in [1.54, 1.807) is 0 Å². The second-order valence-electron chi connectivity index (χ2n) is 7.87. The summed E-state index contributed by atoms with van der Waals surface area (Å²) < 4.78 is 44.2. The molecule has 1 heterocycles. The van der Waals surface area contributed by atoms with Gasteiger partial charge in [0.25, 0.3) is 0 Å². The van der Waals surface area contributed by atoms with Crippen LogP contribution >= 0.6 is 0 Å². The predicted octanol–water partition coefficient (Wildman–Crippen LogP) is 8.43. The minimum atomic E-state index is -0.389. The molecule has 1 aromatic heterocycles. The summed E-state index contributed by atoms with van der Waals surface area (Å²) >= 11 is 0. The molecule has 152 valence electrons. The Kier molecular flexibility index (Phi) is 3.31. The Balaban J connectivity index is 1.82. The average molecular weight is 415 g/mol. The first kappa shape index (κ1) is 14.1. The Morgan fingerprint density at radius 1 is 0.562 bits per heavy atom. The molecule has 0 unspecified atom stereocenters. The molecule has 0 saturated heterocycles. The fraction of sp³-hybridized carbons (Fsp3) is 0.0323. The van der Waals surface area contributed by atoms with Crippen molar-refractivity contribution in [2.24, 2.45) is 0 Å². The van der Waals surface area contributed by atoms with Crippen LogP contribution in [0, 0.1) is 6.92 Å². The topological polar surface area (TPSA) is 4.93 Å². The average Bonchev–Trinajstić information content (AvgIpc) is 3.28. The van der Waals surface area contributed by atoms with Gasteiger partial charge in [-0.1, -0.05) is 96.9 Å². The first-order chi connectivity index (χ1) is 17.9. The molecule has 0 bridgehead atoms. The van der Waals surface area contributed by atoms with Gasteiger partial charge in [0.2, 0.25) is 0 Å². The maximum Gasteiger partial charge on any atom is 0.0629 e. The molecule has 0 aliphatic rings. The minimum absolute atomic E-state index is 0.198. The lowest BCUT2D eigenvalue weighted by Crippen LogP contribution is -1.93. The summed E-state index contributed by atoms with van der Waals surface area (Å²) in [6, 6.07) is 28.9. The number of hydrogen-bond donors (Lipinski definition) is 0. The Labute approximate surface area is 195 Å². The lowest BCUT2D eigenvalue weighted by molar-refractivity contribution is 1.18. The largest absolute Gasteiger partial charge is 0.309 e. The highest BCUT2D eigenvalue weighted by Crippen LogP contribution is 2.42. The second kappa shape index (κ2) is 7.55. The van der Waals surface area contributed by atoms with Crippen molar-refractivity contribution in [1.29, 1.82) is 0 Å². The van der Waals surface area contributed by atoms with Crippen LogP contribution in [0.25, 0.3) is 49.7 Å². The van der Waals surface area contributed by atoms with E-state index >= 15 is 0 Å². The van der Waals surface area contributed by atoms with Gasteiger partial charge < -0.3 is 4.57 Å². The van der Waals surface area contributed by atoms with Crippen molar-refractivity contribution < 1.29 is 6.85 Å². The van der Waals surface area contributed by atoms with Crippen molar-refractivity contribution in [3.8, 4) is 27.9 Å². The molecule has 6 rings (SSSR count). The number of aromatic nitrogens is 1. The van der Waals surface area contributed by atoms with Crippen LogP contribution in [0.5, 0.6) is 0 Å². The van der Waals surface area contributed by atoms with E-state index in [1.807, 2.05) is 54.6 Å². The summed E-state index contributed by atoms with van der Waals surface area (Å²) in [5.41, 5.74) is 7.02. The first-order valence-corrected chi connectivity index (χ1v) is 10.6. The molecule has 0 aliphatic carbocycles. The van der Waals surface area contributed by atoms with Crippen molar-refractivity contribution in [2.75, 3.05) is 0 Å². The molecule has 32 heavy (non-hydrogen) atoms. The zero-order chi connectivity index (χ0) is 25.8. The van der Waals surface area contributed by atoms with Crippen LogP contribution in [0.1, 0.15) is 12.4 Å². The van der Waals surface area contributed by atoms with Crippen LogP contribution in [0.15, 0.2) is 121 Å². The van der Waals surface area contributed by atoms with Crippen LogP contribution in [-0.2, 0) is 0 Å². The summed E-state index contributed by atoms with van der Waals surface area (Å²) in [5, 5.41) is 1.87. The lowest BCUT2D eigenvalue weighted by Gasteiger charge is -2.10. The van der Waals surface area contributed by atoms with Gasteiger partial charge in [-0.15, -0.1) is 0 Å². The maximum atomic E-state index is 8.68. The van der Waals surface area contributed by atoms with Crippen LogP contribution in [-0.4, -0.2) is 4.57 Å². The standard InChI is InChI=1S/C31H23N/c1-22-26(23-12-5-2-6-13-23)20-21-29-30(22)31-27(24-14-7-3-8-15-24)18-11-19-28(31)32(29)25-16-9-4-10-17-25/h2-21H,1H3/i3D,7D,8D,14D,15D. The zero-order valence-electron chi connectivity index (χ0n) is 22.6. The number of benzene rings is 5. The first-order valence-electron chi connectivity index (χ1n) is 13.1. The third kappa shape index (κ3) is 2.86. The van der Waals surface area contributed by atoms with Crippen molar-refractivity contribution in [1.82, 2.24) is 4.57 Å². The fourth-order valence-corrected chi connectivity index (χ4v) is 4.70. The Hall–Kier alpha value is -4.10. The number of rotatable bonds is 3. The molecule has 0 amide bonds. The highest BCUT2D eigenvalue weighted by molar-refractivity contribution is 6.18. The SMILES string of the molecule is [2H]c1c([2H])c([2H])c(-c2cccc3c2c2c(C)c(-c4ccccc4)ccc2n3-c2ccccc2)c([2H])c1[2H]. The van der Waals surface area contributed by atoms with E-state index in [4.69, 9.17) is 6.85 Å². The fourth-order valence-electron chi connectivity index (χ4n) is 4.70. The van der Waals surface area contributed by atoms with Gasteiger partial charge >= 0.3 is 0 Å². The molecule has 0 saturated carbocycles. The summed E-state index contributed by atoms with van der Waals surface area (Å²) in [6.45, 7) is 2.10. The van der Waals surface area contributed by atoms with E-state index in [0.29, 0.717) is 5.56 Å². The summed E-state index contributed by atoms with van der Waals surface area (Å²) in [5.74, 6) is 0. The number of aryl methyl sites for hydroxylation is 1. The molecular weight excluding hydrogens is 386 g/mol. The quantitative estimate of drug-likeness (QED) is 0.274. The third-order valence-corrected chi connectivity index (χ3v) is 6.09. The highest BCUT2D eigenvalue weighted by atomic mass is 15.0. The molecule has 0 spiro atoms. The Morgan fingerprint density at radius 2 is 1.25 bits per heavy atom. The number of nitrogens with zero attached hydrogens (tertiary/aromatic N) is 1. The van der Waals surface area contributed by atoms with E-state index in [9.17, 15) is 0 Å². The molecule has 0 aliphatic heterocycles. The second-order valence-corrected chi connectivity index (χ2v) is 7.87. The van der Waals surface area contributed by atoms with E-state index < -0.39 is 0 Å². The number of para-hydroxylation sites is 1. The number of fused-ring (bicyclic) bond motifs is 3. The van der Waals surface area contributed by atoms with Crippen LogP contribution in [0.3, 0.4) is 0 Å². The van der Waals surface area contributed by atoms with Crippen molar-refractivity contribution in [3.05, 3.63) is 127 Å². The van der Waals surface area contributed by atoms with Gasteiger partial charge in [-0.05, 0) is 59.0 Å². The normalized spacial score (nSPS) is 13.5. The van der Waals surface area contributed by atoms with Gasteiger partial charge in [-0.2, -0.15) is 0 Å². The predicted molar refractivity (Wildman–Crippen MR) is 136 cm³/mol. The third-order valence-electron chi connectivity index (χ3n) is 6.09. The van der Waals surface area contributed by atoms with Crippen molar-refractivity contribution in [2.45, 2.75) is 6.92 Å². The number of hydrogen-bond acceptors (Lipinski definition) is 0.